The van der Waals surface area contributed by atoms with Gasteiger partial charge in [-0.2, -0.15) is 0 Å². The minimum atomic E-state index is -1.49. The van der Waals surface area contributed by atoms with Crippen molar-refractivity contribution in [1.29, 1.82) is 0 Å². The lowest BCUT2D eigenvalue weighted by atomic mass is 9.74. The van der Waals surface area contributed by atoms with E-state index in [9.17, 15) is 18.8 Å². The Labute approximate surface area is 239 Å². The van der Waals surface area contributed by atoms with E-state index in [4.69, 9.17) is 19.9 Å². The molecule has 1 aromatic rings. The maximum atomic E-state index is 15.1. The smallest absolute Gasteiger partial charge is 0.255 e. The molecule has 1 saturated heterocycles. The Morgan fingerprint density at radius 3 is 2.39 bits per heavy atom. The number of carbonyl (C=O) groups is 3. The van der Waals surface area contributed by atoms with E-state index in [-0.39, 0.29) is 66.2 Å². The van der Waals surface area contributed by atoms with E-state index in [1.807, 2.05) is 6.92 Å². The second-order valence-electron chi connectivity index (χ2n) is 12.6. The van der Waals surface area contributed by atoms with Crippen LogP contribution in [0.2, 0.25) is 0 Å². The van der Waals surface area contributed by atoms with Gasteiger partial charge in [0.25, 0.3) is 5.91 Å². The van der Waals surface area contributed by atoms with Crippen molar-refractivity contribution >= 4 is 17.7 Å². The molecule has 1 aromatic carbocycles. The maximum Gasteiger partial charge on any atom is 0.255 e. The summed E-state index contributed by atoms with van der Waals surface area (Å²) in [5, 5.41) is 5.85. The van der Waals surface area contributed by atoms with E-state index in [2.05, 4.69) is 10.6 Å². The van der Waals surface area contributed by atoms with Crippen molar-refractivity contribution in [2.45, 2.75) is 82.5 Å². The van der Waals surface area contributed by atoms with Gasteiger partial charge in [-0.25, -0.2) is 8.78 Å². The van der Waals surface area contributed by atoms with Crippen LogP contribution in [0.4, 0.5) is 8.78 Å². The maximum absolute atomic E-state index is 15.1. The van der Waals surface area contributed by atoms with E-state index in [0.29, 0.717) is 38.9 Å². The van der Waals surface area contributed by atoms with Gasteiger partial charge in [0.2, 0.25) is 11.8 Å². The van der Waals surface area contributed by atoms with Gasteiger partial charge in [0.15, 0.2) is 11.6 Å². The summed E-state index contributed by atoms with van der Waals surface area (Å²) in [5.41, 5.74) is 3.55. The van der Waals surface area contributed by atoms with Crippen LogP contribution in [0, 0.1) is 29.0 Å². The third kappa shape index (κ3) is 6.15. The number of hydrogen-bond donors (Lipinski definition) is 3. The van der Waals surface area contributed by atoms with Crippen molar-refractivity contribution in [2.24, 2.45) is 28.9 Å². The molecule has 2 bridgehead atoms. The number of ether oxygens (including phenoxy) is 3. The molecule has 4 aliphatic rings. The third-order valence-electron chi connectivity index (χ3n) is 9.91. The van der Waals surface area contributed by atoms with Gasteiger partial charge in [0.05, 0.1) is 31.2 Å². The summed E-state index contributed by atoms with van der Waals surface area (Å²) in [6.07, 6.45) is 4.87. The minimum Gasteiger partial charge on any atom is -0.496 e. The summed E-state index contributed by atoms with van der Waals surface area (Å²) < 4.78 is 46.6. The van der Waals surface area contributed by atoms with Gasteiger partial charge in [-0.1, -0.05) is 6.92 Å². The SMILES string of the molecule is COc1cc(F)c(OC2CCC(C)(C(N)=O)CC2)cc1C(=O)N[C@@H]1[C@H]2CC[C@H](C2)[C@@H]1C(=O)NCC1(F)CCOCC1. The number of rotatable bonds is 9. The van der Waals surface area contributed by atoms with Crippen LogP contribution < -0.4 is 25.8 Å². The van der Waals surface area contributed by atoms with Gasteiger partial charge in [-0.05, 0) is 62.8 Å². The number of halogens is 2. The molecule has 3 saturated carbocycles. The summed E-state index contributed by atoms with van der Waals surface area (Å²) in [7, 11) is 1.36. The van der Waals surface area contributed by atoms with Crippen molar-refractivity contribution in [3.63, 3.8) is 0 Å². The molecule has 41 heavy (non-hydrogen) atoms. The molecule has 1 heterocycles. The molecular weight excluding hydrogens is 536 g/mol. The lowest BCUT2D eigenvalue weighted by Gasteiger charge is -2.35. The quantitative estimate of drug-likeness (QED) is 0.413. The number of nitrogens with one attached hydrogen (secondary N) is 2. The number of nitrogens with two attached hydrogens (primary N) is 1. The largest absolute Gasteiger partial charge is 0.496 e. The Bertz CT molecular complexity index is 1170. The van der Waals surface area contributed by atoms with Crippen molar-refractivity contribution in [2.75, 3.05) is 26.9 Å². The number of alkyl halides is 1. The van der Waals surface area contributed by atoms with Crippen molar-refractivity contribution < 1.29 is 37.4 Å². The first-order chi connectivity index (χ1) is 19.5. The van der Waals surface area contributed by atoms with E-state index in [1.54, 1.807) is 0 Å². The Kier molecular flexibility index (Phi) is 8.46. The fraction of sp³-hybridized carbons (Fsp3) is 0.700. The number of amides is 3. The molecule has 0 unspecified atom stereocenters. The molecule has 4 fully saturated rings. The minimum absolute atomic E-state index is 0.0559. The van der Waals surface area contributed by atoms with Gasteiger partial charge in [0, 0.05) is 43.6 Å². The predicted octanol–water partition coefficient (Wildman–Crippen LogP) is 3.43. The topological polar surface area (TPSA) is 129 Å². The van der Waals surface area contributed by atoms with Crippen LogP contribution in [-0.4, -0.2) is 62.4 Å². The Morgan fingerprint density at radius 1 is 1.05 bits per heavy atom. The molecule has 4 atom stereocenters. The van der Waals surface area contributed by atoms with Crippen molar-refractivity contribution in [3.05, 3.63) is 23.5 Å². The Balaban J connectivity index is 1.27. The van der Waals surface area contributed by atoms with Crippen molar-refractivity contribution in [1.82, 2.24) is 10.6 Å². The lowest BCUT2D eigenvalue weighted by Crippen LogP contribution is -2.52. The second kappa shape index (κ2) is 11.7. The number of carbonyl (C=O) groups excluding carboxylic acids is 3. The average Bonchev–Trinajstić information content (AvgIpc) is 3.56. The highest BCUT2D eigenvalue weighted by Crippen LogP contribution is 2.49. The van der Waals surface area contributed by atoms with Gasteiger partial charge >= 0.3 is 0 Å². The zero-order valence-electron chi connectivity index (χ0n) is 23.8. The van der Waals surface area contributed by atoms with Gasteiger partial charge in [0.1, 0.15) is 11.4 Å². The summed E-state index contributed by atoms with van der Waals surface area (Å²) >= 11 is 0. The molecular formula is C30H41F2N3O6. The fourth-order valence-corrected chi connectivity index (χ4v) is 7.13. The van der Waals surface area contributed by atoms with Gasteiger partial charge in [-0.3, -0.25) is 14.4 Å². The molecule has 1 aliphatic heterocycles. The van der Waals surface area contributed by atoms with Crippen LogP contribution >= 0.6 is 0 Å². The van der Waals surface area contributed by atoms with E-state index >= 15 is 4.39 Å². The zero-order valence-corrected chi connectivity index (χ0v) is 23.8. The van der Waals surface area contributed by atoms with E-state index in [0.717, 1.165) is 25.3 Å². The standard InChI is InChI=1S/C30H41F2N3O6/c1-29(28(33)38)7-5-19(6-8-29)41-23-14-20(22(39-2)15-21(23)31)26(36)35-25-18-4-3-17(13-18)24(25)27(37)34-16-30(32)9-11-40-12-10-30/h14-15,17-19,24-25H,3-13,16H2,1-2H3,(H2,33,38)(H,34,37)(H,35,36)/t17-,18+,19?,24+,25-,29?/m1/s1. The molecule has 0 spiro atoms. The zero-order chi connectivity index (χ0) is 29.4. The highest BCUT2D eigenvalue weighted by Gasteiger charge is 2.52. The normalized spacial score (nSPS) is 32.2. The van der Waals surface area contributed by atoms with Crippen LogP contribution in [0.3, 0.4) is 0 Å². The summed E-state index contributed by atoms with van der Waals surface area (Å²) in [4.78, 5) is 38.6. The molecule has 4 N–H and O–H groups in total. The molecule has 0 radical (unpaired) electrons. The molecule has 5 rings (SSSR count). The van der Waals surface area contributed by atoms with E-state index in [1.165, 1.54) is 13.2 Å². The van der Waals surface area contributed by atoms with E-state index < -0.39 is 34.8 Å². The molecule has 11 heteroatoms. The highest BCUT2D eigenvalue weighted by molar-refractivity contribution is 5.98. The van der Waals surface area contributed by atoms with Crippen LogP contribution in [-0.2, 0) is 14.3 Å². The fourth-order valence-electron chi connectivity index (χ4n) is 7.13. The molecule has 3 amide bonds. The number of hydrogen-bond acceptors (Lipinski definition) is 6. The lowest BCUT2D eigenvalue weighted by molar-refractivity contribution is -0.129. The number of primary amides is 1. The third-order valence-corrected chi connectivity index (χ3v) is 9.91. The predicted molar refractivity (Wildman–Crippen MR) is 146 cm³/mol. The van der Waals surface area contributed by atoms with Gasteiger partial charge < -0.3 is 30.6 Å². The molecule has 9 nitrogen and oxygen atoms in total. The molecule has 226 valence electrons. The van der Waals surface area contributed by atoms with Crippen LogP contribution in [0.15, 0.2) is 12.1 Å². The summed E-state index contributed by atoms with van der Waals surface area (Å²) in [6, 6.07) is 2.04. The first-order valence-electron chi connectivity index (χ1n) is 14.7. The first-order valence-corrected chi connectivity index (χ1v) is 14.7. The highest BCUT2D eigenvalue weighted by atomic mass is 19.1. The Hall–Kier alpha value is -2.95. The monoisotopic (exact) mass is 577 g/mol. The van der Waals surface area contributed by atoms with Crippen molar-refractivity contribution in [3.8, 4) is 11.5 Å². The summed E-state index contributed by atoms with van der Waals surface area (Å²) in [6.45, 7) is 2.41. The van der Waals surface area contributed by atoms with Gasteiger partial charge in [-0.15, -0.1) is 0 Å². The van der Waals surface area contributed by atoms with Crippen LogP contribution in [0.1, 0.15) is 75.1 Å². The van der Waals surface area contributed by atoms with Crippen LogP contribution in [0.5, 0.6) is 11.5 Å². The second-order valence-corrected chi connectivity index (χ2v) is 12.6. The summed E-state index contributed by atoms with van der Waals surface area (Å²) in [5.74, 6) is -1.99. The molecule has 0 aromatic heterocycles. The average molecular weight is 578 g/mol. The number of fused-ring (bicyclic) bond motifs is 2. The molecule has 3 aliphatic carbocycles. The first kappa shape index (κ1) is 29.5. The number of methoxy groups -OCH3 is 1. The Morgan fingerprint density at radius 2 is 1.73 bits per heavy atom. The number of benzene rings is 1. The van der Waals surface area contributed by atoms with Crippen LogP contribution in [0.25, 0.3) is 0 Å².